The number of methoxy groups -OCH3 is 1. The maximum Gasteiger partial charge on any atom is 0.230 e. The maximum atomic E-state index is 13.5. The zero-order valence-electron chi connectivity index (χ0n) is 16.8. The number of piperidine rings is 1. The van der Waals surface area contributed by atoms with Gasteiger partial charge in [0.2, 0.25) is 17.7 Å². The number of ether oxygens (including phenoxy) is 1. The number of benzene rings is 1. The van der Waals surface area contributed by atoms with Crippen molar-refractivity contribution in [3.05, 3.63) is 41.6 Å². The van der Waals surface area contributed by atoms with Crippen molar-refractivity contribution in [1.29, 1.82) is 0 Å². The van der Waals surface area contributed by atoms with E-state index in [-0.39, 0.29) is 17.7 Å². The average molecular weight is 383 g/mol. The van der Waals surface area contributed by atoms with Gasteiger partial charge in [0.1, 0.15) is 5.75 Å². The SMILES string of the molecule is COc1ccc(C(C(=O)N2CCC(c3nnc(C)o3)CC2)C2CCCC2)cc1. The van der Waals surface area contributed by atoms with Crippen LogP contribution in [0, 0.1) is 12.8 Å². The van der Waals surface area contributed by atoms with E-state index in [2.05, 4.69) is 22.3 Å². The Bertz CT molecular complexity index is 788. The van der Waals surface area contributed by atoms with Crippen LogP contribution in [0.3, 0.4) is 0 Å². The highest BCUT2D eigenvalue weighted by atomic mass is 16.5. The van der Waals surface area contributed by atoms with Crippen molar-refractivity contribution in [1.82, 2.24) is 15.1 Å². The van der Waals surface area contributed by atoms with Gasteiger partial charge in [-0.05, 0) is 49.3 Å². The molecule has 1 unspecified atom stereocenters. The van der Waals surface area contributed by atoms with E-state index >= 15 is 0 Å². The van der Waals surface area contributed by atoms with Crippen LogP contribution in [0.5, 0.6) is 5.75 Å². The fourth-order valence-electron chi connectivity index (χ4n) is 4.74. The van der Waals surface area contributed by atoms with E-state index in [1.54, 1.807) is 7.11 Å². The summed E-state index contributed by atoms with van der Waals surface area (Å²) in [6.45, 7) is 3.32. The Morgan fingerprint density at radius 1 is 1.11 bits per heavy atom. The summed E-state index contributed by atoms with van der Waals surface area (Å²) in [5.74, 6) is 3.08. The number of hydrogen-bond acceptors (Lipinski definition) is 5. The summed E-state index contributed by atoms with van der Waals surface area (Å²) in [5, 5.41) is 8.11. The number of hydrogen-bond donors (Lipinski definition) is 0. The summed E-state index contributed by atoms with van der Waals surface area (Å²) in [4.78, 5) is 15.6. The van der Waals surface area contributed by atoms with E-state index in [4.69, 9.17) is 9.15 Å². The van der Waals surface area contributed by atoms with Crippen molar-refractivity contribution in [3.63, 3.8) is 0 Å². The Hall–Kier alpha value is -2.37. The first-order valence-corrected chi connectivity index (χ1v) is 10.4. The van der Waals surface area contributed by atoms with E-state index in [0.29, 0.717) is 17.7 Å². The number of aryl methyl sites for hydroxylation is 1. The highest BCUT2D eigenvalue weighted by Crippen LogP contribution is 2.40. The Kier molecular flexibility index (Phi) is 5.64. The number of likely N-dealkylation sites (tertiary alicyclic amines) is 1. The molecule has 1 aliphatic heterocycles. The second-order valence-corrected chi connectivity index (χ2v) is 8.05. The molecule has 1 atom stereocenters. The summed E-state index contributed by atoms with van der Waals surface area (Å²) < 4.78 is 10.9. The van der Waals surface area contributed by atoms with Crippen LogP contribution in [0.4, 0.5) is 0 Å². The molecule has 0 spiro atoms. The van der Waals surface area contributed by atoms with Gasteiger partial charge in [-0.1, -0.05) is 25.0 Å². The number of amides is 1. The van der Waals surface area contributed by atoms with Crippen LogP contribution in [0.25, 0.3) is 0 Å². The normalized spacial score (nSPS) is 19.7. The predicted molar refractivity (Wildman–Crippen MR) is 105 cm³/mol. The molecule has 0 radical (unpaired) electrons. The van der Waals surface area contributed by atoms with Gasteiger partial charge in [0.05, 0.1) is 13.0 Å². The summed E-state index contributed by atoms with van der Waals surface area (Å²) in [6.07, 6.45) is 6.49. The lowest BCUT2D eigenvalue weighted by Gasteiger charge is -2.35. The highest BCUT2D eigenvalue weighted by Gasteiger charge is 2.36. The van der Waals surface area contributed by atoms with Gasteiger partial charge in [-0.2, -0.15) is 0 Å². The van der Waals surface area contributed by atoms with Crippen molar-refractivity contribution in [2.75, 3.05) is 20.2 Å². The second kappa shape index (κ2) is 8.33. The van der Waals surface area contributed by atoms with Crippen molar-refractivity contribution in [3.8, 4) is 5.75 Å². The van der Waals surface area contributed by atoms with E-state index in [9.17, 15) is 4.79 Å². The third-order valence-electron chi connectivity index (χ3n) is 6.31. The van der Waals surface area contributed by atoms with Crippen LogP contribution in [-0.4, -0.2) is 41.2 Å². The molecule has 1 aromatic carbocycles. The molecule has 6 nitrogen and oxygen atoms in total. The first kappa shape index (κ1) is 19.0. The third-order valence-corrected chi connectivity index (χ3v) is 6.31. The Morgan fingerprint density at radius 2 is 1.79 bits per heavy atom. The maximum absolute atomic E-state index is 13.5. The van der Waals surface area contributed by atoms with Crippen molar-refractivity contribution < 1.29 is 13.9 Å². The second-order valence-electron chi connectivity index (χ2n) is 8.05. The third kappa shape index (κ3) is 3.91. The minimum Gasteiger partial charge on any atom is -0.497 e. The summed E-state index contributed by atoms with van der Waals surface area (Å²) in [5.41, 5.74) is 1.12. The van der Waals surface area contributed by atoms with E-state index in [1.165, 1.54) is 12.8 Å². The quantitative estimate of drug-likeness (QED) is 0.779. The van der Waals surface area contributed by atoms with Crippen LogP contribution in [-0.2, 0) is 4.79 Å². The topological polar surface area (TPSA) is 68.5 Å². The number of carbonyl (C=O) groups is 1. The number of carbonyl (C=O) groups excluding carboxylic acids is 1. The first-order valence-electron chi connectivity index (χ1n) is 10.4. The fourth-order valence-corrected chi connectivity index (χ4v) is 4.74. The zero-order chi connectivity index (χ0) is 19.5. The summed E-state index contributed by atoms with van der Waals surface area (Å²) >= 11 is 0. The molecular weight excluding hydrogens is 354 g/mol. The highest BCUT2D eigenvalue weighted by molar-refractivity contribution is 5.84. The zero-order valence-corrected chi connectivity index (χ0v) is 16.8. The Balaban J connectivity index is 1.47. The Labute approximate surface area is 166 Å². The summed E-state index contributed by atoms with van der Waals surface area (Å²) in [6, 6.07) is 8.06. The van der Waals surface area contributed by atoms with Gasteiger partial charge in [-0.3, -0.25) is 4.79 Å². The molecule has 28 heavy (non-hydrogen) atoms. The molecule has 2 aliphatic rings. The van der Waals surface area contributed by atoms with Gasteiger partial charge in [0.15, 0.2) is 0 Å². The van der Waals surface area contributed by atoms with Crippen molar-refractivity contribution in [2.45, 2.75) is 57.3 Å². The Morgan fingerprint density at radius 3 is 2.36 bits per heavy atom. The lowest BCUT2D eigenvalue weighted by Crippen LogP contribution is -2.42. The van der Waals surface area contributed by atoms with Crippen LogP contribution in [0.1, 0.15) is 67.7 Å². The van der Waals surface area contributed by atoms with Gasteiger partial charge < -0.3 is 14.1 Å². The molecule has 0 N–H and O–H groups in total. The standard InChI is InChI=1S/C22H29N3O3/c1-15-23-24-21(28-15)18-11-13-25(14-12-18)22(26)20(16-5-3-4-6-16)17-7-9-19(27-2)10-8-17/h7-10,16,18,20H,3-6,11-14H2,1-2H3. The molecule has 150 valence electrons. The van der Waals surface area contributed by atoms with Crippen LogP contribution >= 0.6 is 0 Å². The number of nitrogens with zero attached hydrogens (tertiary/aromatic N) is 3. The molecule has 0 bridgehead atoms. The molecule has 1 saturated carbocycles. The van der Waals surface area contributed by atoms with E-state index < -0.39 is 0 Å². The van der Waals surface area contributed by atoms with Gasteiger partial charge >= 0.3 is 0 Å². The molecule has 1 amide bonds. The monoisotopic (exact) mass is 383 g/mol. The molecule has 2 fully saturated rings. The average Bonchev–Trinajstić information content (AvgIpc) is 3.41. The fraction of sp³-hybridized carbons (Fsp3) is 0.591. The molecule has 4 rings (SSSR count). The minimum atomic E-state index is -0.0457. The lowest BCUT2D eigenvalue weighted by molar-refractivity contribution is -0.135. The van der Waals surface area contributed by atoms with Gasteiger partial charge in [0, 0.05) is 25.9 Å². The molecule has 2 aromatic rings. The van der Waals surface area contributed by atoms with Crippen LogP contribution in [0.15, 0.2) is 28.7 Å². The van der Waals surface area contributed by atoms with Crippen LogP contribution < -0.4 is 4.74 Å². The molecule has 1 aliphatic carbocycles. The first-order chi connectivity index (χ1) is 13.7. The number of aromatic nitrogens is 2. The van der Waals surface area contributed by atoms with Crippen molar-refractivity contribution in [2.24, 2.45) is 5.92 Å². The van der Waals surface area contributed by atoms with Crippen LogP contribution in [0.2, 0.25) is 0 Å². The molecule has 1 aromatic heterocycles. The minimum absolute atomic E-state index is 0.0457. The predicted octanol–water partition coefficient (Wildman–Crippen LogP) is 4.07. The van der Waals surface area contributed by atoms with E-state index in [1.807, 2.05) is 24.0 Å². The molecular formula is C22H29N3O3. The summed E-state index contributed by atoms with van der Waals surface area (Å²) in [7, 11) is 1.67. The van der Waals surface area contributed by atoms with Gasteiger partial charge in [-0.15, -0.1) is 10.2 Å². The van der Waals surface area contributed by atoms with Gasteiger partial charge in [0.25, 0.3) is 0 Å². The lowest BCUT2D eigenvalue weighted by atomic mass is 9.83. The van der Waals surface area contributed by atoms with E-state index in [0.717, 1.165) is 50.1 Å². The van der Waals surface area contributed by atoms with Crippen molar-refractivity contribution >= 4 is 5.91 Å². The smallest absolute Gasteiger partial charge is 0.230 e. The molecule has 6 heteroatoms. The molecule has 2 heterocycles. The largest absolute Gasteiger partial charge is 0.497 e. The number of rotatable bonds is 5. The molecule has 1 saturated heterocycles. The van der Waals surface area contributed by atoms with Gasteiger partial charge in [-0.25, -0.2) is 0 Å².